The fraction of sp³-hybridized carbons (Fsp3) is 0.800. The lowest BCUT2D eigenvalue weighted by Crippen LogP contribution is -2.34. The minimum atomic E-state index is -0.761. The number of carbonyl (C=O) groups is 2. The normalized spacial score (nSPS) is 21.1. The Hall–Kier alpha value is -1.20. The fourth-order valence-corrected chi connectivity index (χ4v) is 3.23. The van der Waals surface area contributed by atoms with Gasteiger partial charge in [0.15, 0.2) is 5.78 Å². The summed E-state index contributed by atoms with van der Waals surface area (Å²) in [4.78, 5) is 25.0. The van der Waals surface area contributed by atoms with E-state index in [9.17, 15) is 14.7 Å². The minimum absolute atomic E-state index is 0.0732. The first-order valence-corrected chi connectivity index (χ1v) is 9.78. The molecule has 0 aromatic carbocycles. The molecule has 1 aliphatic heterocycles. The summed E-state index contributed by atoms with van der Waals surface area (Å²) >= 11 is 0. The second-order valence-corrected chi connectivity index (χ2v) is 7.23. The lowest BCUT2D eigenvalue weighted by molar-refractivity contribution is -0.141. The van der Waals surface area contributed by atoms with Gasteiger partial charge in [0.1, 0.15) is 0 Å². The maximum Gasteiger partial charge on any atom is 0.306 e. The number of carbonyl (C=O) groups excluding carboxylic acids is 1. The number of rotatable bonds is 13. The zero-order valence-electron chi connectivity index (χ0n) is 15.8. The summed E-state index contributed by atoms with van der Waals surface area (Å²) in [5, 5.41) is 18.9. The molecule has 1 heterocycles. The van der Waals surface area contributed by atoms with Gasteiger partial charge in [-0.05, 0) is 32.1 Å². The molecule has 5 nitrogen and oxygen atoms in total. The number of allylic oxidation sites excluding steroid dienone is 1. The Bertz CT molecular complexity index is 435. The highest BCUT2D eigenvalue weighted by Crippen LogP contribution is 2.19. The second-order valence-electron chi connectivity index (χ2n) is 7.23. The van der Waals surface area contributed by atoms with E-state index >= 15 is 0 Å². The number of ketones is 1. The average Bonchev–Trinajstić information content (AvgIpc) is 2.92. The molecule has 0 saturated carbocycles. The standard InChI is InChI=1S/C20H35NO4/c1-3-4-6-10-17(22)12-14-21-15-13-19(23)18(21)11-8-5-7-9-16(2)20(24)25/h5,8,16-18,22H,3-4,6-7,9-15H2,1-2H3,(H,24,25)/t16?,17?,18-/m1/s1. The van der Waals surface area contributed by atoms with Crippen LogP contribution < -0.4 is 0 Å². The summed E-state index contributed by atoms with van der Waals surface area (Å²) in [5.41, 5.74) is 0. The van der Waals surface area contributed by atoms with E-state index in [0.717, 1.165) is 51.6 Å². The Balaban J connectivity index is 2.31. The maximum absolute atomic E-state index is 12.1. The smallest absolute Gasteiger partial charge is 0.306 e. The van der Waals surface area contributed by atoms with E-state index in [1.54, 1.807) is 6.92 Å². The van der Waals surface area contributed by atoms with Crippen molar-refractivity contribution in [1.82, 2.24) is 4.90 Å². The summed E-state index contributed by atoms with van der Waals surface area (Å²) in [6, 6.07) is -0.0732. The number of aliphatic hydroxyl groups excluding tert-OH is 1. The number of Topliss-reactive ketones (excluding diaryl/α,β-unsaturated/α-hetero) is 1. The van der Waals surface area contributed by atoms with Crippen LogP contribution in [-0.2, 0) is 9.59 Å². The van der Waals surface area contributed by atoms with Crippen LogP contribution >= 0.6 is 0 Å². The quantitative estimate of drug-likeness (QED) is 0.392. The van der Waals surface area contributed by atoms with Crippen molar-refractivity contribution in [3.63, 3.8) is 0 Å². The SMILES string of the molecule is CCCCCC(O)CCN1CCC(=O)[C@H]1CC=CCCC(C)C(=O)O. The molecule has 25 heavy (non-hydrogen) atoms. The average molecular weight is 354 g/mol. The molecule has 0 aromatic rings. The van der Waals surface area contributed by atoms with E-state index < -0.39 is 5.97 Å². The van der Waals surface area contributed by atoms with Crippen molar-refractivity contribution in [2.75, 3.05) is 13.1 Å². The van der Waals surface area contributed by atoms with Crippen LogP contribution in [0.25, 0.3) is 0 Å². The van der Waals surface area contributed by atoms with E-state index in [4.69, 9.17) is 5.11 Å². The molecular weight excluding hydrogens is 318 g/mol. The number of nitrogens with zero attached hydrogens (tertiary/aromatic N) is 1. The molecule has 5 heteroatoms. The molecule has 1 rings (SSSR count). The van der Waals surface area contributed by atoms with Crippen LogP contribution in [0.3, 0.4) is 0 Å². The van der Waals surface area contributed by atoms with E-state index in [1.807, 2.05) is 12.2 Å². The molecule has 144 valence electrons. The number of carboxylic acid groups (broad SMARTS) is 1. The molecule has 2 N–H and O–H groups in total. The lowest BCUT2D eigenvalue weighted by Gasteiger charge is -2.23. The number of aliphatic hydroxyl groups is 1. The topological polar surface area (TPSA) is 77.8 Å². The highest BCUT2D eigenvalue weighted by atomic mass is 16.4. The van der Waals surface area contributed by atoms with E-state index in [0.29, 0.717) is 19.3 Å². The van der Waals surface area contributed by atoms with Gasteiger partial charge in [-0.2, -0.15) is 0 Å². The Morgan fingerprint density at radius 1 is 1.28 bits per heavy atom. The van der Waals surface area contributed by atoms with Gasteiger partial charge in [-0.3, -0.25) is 14.5 Å². The third-order valence-electron chi connectivity index (χ3n) is 5.06. The van der Waals surface area contributed by atoms with Gasteiger partial charge < -0.3 is 10.2 Å². The van der Waals surface area contributed by atoms with Crippen LogP contribution in [0.5, 0.6) is 0 Å². The Morgan fingerprint density at radius 3 is 2.72 bits per heavy atom. The van der Waals surface area contributed by atoms with E-state index in [1.165, 1.54) is 0 Å². The lowest BCUT2D eigenvalue weighted by atomic mass is 10.0. The molecule has 0 aromatic heterocycles. The van der Waals surface area contributed by atoms with Gasteiger partial charge in [0.2, 0.25) is 0 Å². The minimum Gasteiger partial charge on any atom is -0.481 e. The first kappa shape index (κ1) is 21.8. The monoisotopic (exact) mass is 353 g/mol. The first-order chi connectivity index (χ1) is 12.0. The predicted molar refractivity (Wildman–Crippen MR) is 99.5 cm³/mol. The zero-order chi connectivity index (χ0) is 18.7. The summed E-state index contributed by atoms with van der Waals surface area (Å²) in [6.07, 6.45) is 11.3. The van der Waals surface area contributed by atoms with Crippen LogP contribution in [0.2, 0.25) is 0 Å². The maximum atomic E-state index is 12.1. The molecule has 0 bridgehead atoms. The number of hydrogen-bond acceptors (Lipinski definition) is 4. The summed E-state index contributed by atoms with van der Waals surface area (Å²) in [7, 11) is 0. The highest BCUT2D eigenvalue weighted by Gasteiger charge is 2.31. The first-order valence-electron chi connectivity index (χ1n) is 9.78. The van der Waals surface area contributed by atoms with Gasteiger partial charge in [-0.1, -0.05) is 45.3 Å². The van der Waals surface area contributed by atoms with Crippen LogP contribution in [0.15, 0.2) is 12.2 Å². The molecule has 0 radical (unpaired) electrons. The van der Waals surface area contributed by atoms with Gasteiger partial charge in [0.05, 0.1) is 18.1 Å². The molecule has 1 aliphatic rings. The highest BCUT2D eigenvalue weighted by molar-refractivity contribution is 5.86. The van der Waals surface area contributed by atoms with Crippen molar-refractivity contribution in [3.8, 4) is 0 Å². The number of aliphatic carboxylic acids is 1. The van der Waals surface area contributed by atoms with Crippen LogP contribution in [0.4, 0.5) is 0 Å². The molecule has 0 aliphatic carbocycles. The second kappa shape index (κ2) is 12.2. The van der Waals surface area contributed by atoms with Crippen molar-refractivity contribution in [3.05, 3.63) is 12.2 Å². The molecule has 1 saturated heterocycles. The zero-order valence-corrected chi connectivity index (χ0v) is 15.8. The Labute approximate surface area is 152 Å². The number of hydrogen-bond donors (Lipinski definition) is 2. The largest absolute Gasteiger partial charge is 0.481 e. The number of carboxylic acids is 1. The van der Waals surface area contributed by atoms with Gasteiger partial charge >= 0.3 is 5.97 Å². The van der Waals surface area contributed by atoms with E-state index in [2.05, 4.69) is 11.8 Å². The van der Waals surface area contributed by atoms with E-state index in [-0.39, 0.29) is 23.8 Å². The molecule has 0 spiro atoms. The van der Waals surface area contributed by atoms with Gasteiger partial charge in [-0.25, -0.2) is 0 Å². The fourth-order valence-electron chi connectivity index (χ4n) is 3.23. The summed E-state index contributed by atoms with van der Waals surface area (Å²) in [5.74, 6) is -0.810. The summed E-state index contributed by atoms with van der Waals surface area (Å²) < 4.78 is 0. The van der Waals surface area contributed by atoms with Crippen molar-refractivity contribution in [2.45, 2.75) is 83.8 Å². The number of unbranched alkanes of at least 4 members (excludes halogenated alkanes) is 2. The van der Waals surface area contributed by atoms with Crippen LogP contribution in [0.1, 0.15) is 71.6 Å². The third kappa shape index (κ3) is 8.63. The molecule has 3 atom stereocenters. The number of likely N-dealkylation sites (tertiary alicyclic amines) is 1. The van der Waals surface area contributed by atoms with Crippen molar-refractivity contribution < 1.29 is 19.8 Å². The van der Waals surface area contributed by atoms with Crippen LogP contribution in [0, 0.1) is 5.92 Å². The molecular formula is C20H35NO4. The van der Waals surface area contributed by atoms with Crippen molar-refractivity contribution in [2.24, 2.45) is 5.92 Å². The predicted octanol–water partition coefficient (Wildman–Crippen LogP) is 3.41. The third-order valence-corrected chi connectivity index (χ3v) is 5.06. The summed E-state index contributed by atoms with van der Waals surface area (Å²) in [6.45, 7) is 5.43. The molecule has 1 fully saturated rings. The van der Waals surface area contributed by atoms with Gasteiger partial charge in [-0.15, -0.1) is 0 Å². The van der Waals surface area contributed by atoms with Crippen molar-refractivity contribution >= 4 is 11.8 Å². The van der Waals surface area contributed by atoms with Crippen molar-refractivity contribution in [1.29, 1.82) is 0 Å². The Kier molecular flexibility index (Phi) is 10.7. The van der Waals surface area contributed by atoms with Crippen LogP contribution in [-0.4, -0.2) is 52.1 Å². The Morgan fingerprint density at radius 2 is 2.04 bits per heavy atom. The van der Waals surface area contributed by atoms with Gasteiger partial charge in [0.25, 0.3) is 0 Å². The van der Waals surface area contributed by atoms with Gasteiger partial charge in [0, 0.05) is 19.5 Å². The molecule has 0 amide bonds. The molecule has 2 unspecified atom stereocenters.